The van der Waals surface area contributed by atoms with Gasteiger partial charge in [-0.1, -0.05) is 30.0 Å². The Morgan fingerprint density at radius 2 is 1.91 bits per heavy atom. The number of para-hydroxylation sites is 1. The highest BCUT2D eigenvalue weighted by atomic mass is 32.2. The number of methoxy groups -OCH3 is 1. The summed E-state index contributed by atoms with van der Waals surface area (Å²) >= 11 is 2.96. The first-order valence-corrected chi connectivity index (χ1v) is 11.9. The van der Waals surface area contributed by atoms with Crippen molar-refractivity contribution in [3.05, 3.63) is 70.2 Å². The van der Waals surface area contributed by atoms with Gasteiger partial charge in [0.25, 0.3) is 0 Å². The molecule has 164 valence electrons. The normalized spacial score (nSPS) is 10.8. The average Bonchev–Trinajstić information content (AvgIpc) is 3.46. The molecule has 0 N–H and O–H groups in total. The third-order valence-electron chi connectivity index (χ3n) is 4.70. The lowest BCUT2D eigenvalue weighted by Gasteiger charge is -2.13. The smallest absolute Gasteiger partial charge is 0.357 e. The Bertz CT molecular complexity index is 1220. The van der Waals surface area contributed by atoms with Crippen LogP contribution in [0.2, 0.25) is 0 Å². The van der Waals surface area contributed by atoms with Crippen LogP contribution in [0.15, 0.2) is 59.1 Å². The maximum absolute atomic E-state index is 11.9. The molecule has 4 rings (SSSR count). The summed E-state index contributed by atoms with van der Waals surface area (Å²) < 4.78 is 12.4. The van der Waals surface area contributed by atoms with Crippen LogP contribution in [0.5, 0.6) is 5.75 Å². The molecule has 2 heterocycles. The van der Waals surface area contributed by atoms with Gasteiger partial charge in [-0.2, -0.15) is 0 Å². The van der Waals surface area contributed by atoms with Gasteiger partial charge < -0.3 is 9.47 Å². The van der Waals surface area contributed by atoms with Gasteiger partial charge in [0, 0.05) is 10.9 Å². The largest absolute Gasteiger partial charge is 0.497 e. The number of ether oxygens (including phenoxy) is 2. The van der Waals surface area contributed by atoms with Crippen molar-refractivity contribution in [2.24, 2.45) is 0 Å². The maximum Gasteiger partial charge on any atom is 0.357 e. The van der Waals surface area contributed by atoms with Gasteiger partial charge in [-0.25, -0.2) is 9.78 Å². The Balaban J connectivity index is 1.66. The van der Waals surface area contributed by atoms with Crippen LogP contribution in [-0.2, 0) is 10.5 Å². The molecular formula is C23H22N4O3S2. The number of esters is 1. The maximum atomic E-state index is 11.9. The van der Waals surface area contributed by atoms with E-state index < -0.39 is 5.97 Å². The van der Waals surface area contributed by atoms with E-state index in [4.69, 9.17) is 9.47 Å². The Kier molecular flexibility index (Phi) is 6.87. The van der Waals surface area contributed by atoms with Crippen molar-refractivity contribution < 1.29 is 14.3 Å². The zero-order valence-electron chi connectivity index (χ0n) is 17.9. The predicted molar refractivity (Wildman–Crippen MR) is 126 cm³/mol. The number of aryl methyl sites for hydroxylation is 1. The van der Waals surface area contributed by atoms with E-state index in [0.717, 1.165) is 38.6 Å². The van der Waals surface area contributed by atoms with Gasteiger partial charge in [0.2, 0.25) is 0 Å². The minimum atomic E-state index is -0.398. The number of aromatic nitrogens is 4. The third-order valence-corrected chi connectivity index (χ3v) is 6.67. The van der Waals surface area contributed by atoms with E-state index in [1.54, 1.807) is 19.4 Å². The lowest BCUT2D eigenvalue weighted by molar-refractivity contribution is 0.0520. The second kappa shape index (κ2) is 9.97. The molecule has 0 saturated carbocycles. The number of carbonyl (C=O) groups excluding carboxylic acids is 1. The SMILES string of the molecule is CCOC(=O)c1csc(CSc2nnc(-c3ccc(OC)cc3)n2-c2ccccc2C)n1. The van der Waals surface area contributed by atoms with E-state index in [2.05, 4.69) is 38.8 Å². The Morgan fingerprint density at radius 3 is 2.62 bits per heavy atom. The van der Waals surface area contributed by atoms with Gasteiger partial charge in [0.05, 0.1) is 25.2 Å². The third kappa shape index (κ3) is 4.68. The molecule has 0 radical (unpaired) electrons. The zero-order valence-corrected chi connectivity index (χ0v) is 19.6. The summed E-state index contributed by atoms with van der Waals surface area (Å²) in [6, 6.07) is 15.9. The van der Waals surface area contributed by atoms with Crippen LogP contribution in [0.4, 0.5) is 0 Å². The van der Waals surface area contributed by atoms with Crippen LogP contribution in [0.1, 0.15) is 28.0 Å². The molecule has 0 aliphatic heterocycles. The standard InChI is InChI=1S/C23H22N4O3S2/c1-4-30-22(28)18-13-31-20(24-18)14-32-23-26-25-21(16-9-11-17(29-3)12-10-16)27(23)19-8-6-5-7-15(19)2/h5-13H,4,14H2,1-3H3. The van der Waals surface area contributed by atoms with Gasteiger partial charge in [-0.15, -0.1) is 21.5 Å². The first-order chi connectivity index (χ1) is 15.6. The second-order valence-electron chi connectivity index (χ2n) is 6.79. The average molecular weight is 467 g/mol. The molecule has 9 heteroatoms. The lowest BCUT2D eigenvalue weighted by Crippen LogP contribution is -2.05. The summed E-state index contributed by atoms with van der Waals surface area (Å²) in [7, 11) is 1.64. The van der Waals surface area contributed by atoms with Crippen LogP contribution in [-0.4, -0.2) is 39.4 Å². The molecule has 0 spiro atoms. The van der Waals surface area contributed by atoms with Crippen LogP contribution in [0.3, 0.4) is 0 Å². The fourth-order valence-corrected chi connectivity index (χ4v) is 4.85. The van der Waals surface area contributed by atoms with E-state index >= 15 is 0 Å². The van der Waals surface area contributed by atoms with Gasteiger partial charge in [0.15, 0.2) is 16.7 Å². The minimum Gasteiger partial charge on any atom is -0.497 e. The quantitative estimate of drug-likeness (QED) is 0.262. The van der Waals surface area contributed by atoms with Crippen LogP contribution >= 0.6 is 23.1 Å². The van der Waals surface area contributed by atoms with Crippen molar-refractivity contribution >= 4 is 29.1 Å². The Morgan fingerprint density at radius 1 is 1.12 bits per heavy atom. The molecule has 7 nitrogen and oxygen atoms in total. The first-order valence-electron chi connectivity index (χ1n) is 10.0. The molecule has 0 aliphatic carbocycles. The Labute approximate surface area is 194 Å². The molecule has 4 aromatic rings. The van der Waals surface area contributed by atoms with E-state index in [9.17, 15) is 4.79 Å². The zero-order chi connectivity index (χ0) is 22.5. The van der Waals surface area contributed by atoms with E-state index in [-0.39, 0.29) is 0 Å². The van der Waals surface area contributed by atoms with Gasteiger partial charge in [-0.05, 0) is 49.7 Å². The van der Waals surface area contributed by atoms with E-state index in [0.29, 0.717) is 18.1 Å². The molecule has 0 fully saturated rings. The number of hydrogen-bond acceptors (Lipinski definition) is 8. The van der Waals surface area contributed by atoms with Crippen molar-refractivity contribution in [1.82, 2.24) is 19.7 Å². The van der Waals surface area contributed by atoms with E-state index in [1.807, 2.05) is 36.4 Å². The van der Waals surface area contributed by atoms with Crippen molar-refractivity contribution in [2.75, 3.05) is 13.7 Å². The minimum absolute atomic E-state index is 0.327. The number of thioether (sulfide) groups is 1. The highest BCUT2D eigenvalue weighted by Gasteiger charge is 2.19. The monoisotopic (exact) mass is 466 g/mol. The molecule has 0 atom stereocenters. The molecular weight excluding hydrogens is 444 g/mol. The van der Waals surface area contributed by atoms with Gasteiger partial charge in [-0.3, -0.25) is 4.57 Å². The van der Waals surface area contributed by atoms with Crippen molar-refractivity contribution in [3.8, 4) is 22.8 Å². The summed E-state index contributed by atoms with van der Waals surface area (Å²) in [4.78, 5) is 16.3. The summed E-state index contributed by atoms with van der Waals surface area (Å²) in [5, 5.41) is 12.3. The highest BCUT2D eigenvalue weighted by Crippen LogP contribution is 2.32. The first kappa shape index (κ1) is 22.0. The number of thiazole rings is 1. The fourth-order valence-electron chi connectivity index (χ4n) is 3.12. The number of nitrogens with zero attached hydrogens (tertiary/aromatic N) is 4. The molecule has 0 amide bonds. The fraction of sp³-hybridized carbons (Fsp3) is 0.217. The van der Waals surface area contributed by atoms with Crippen molar-refractivity contribution in [3.63, 3.8) is 0 Å². The van der Waals surface area contributed by atoms with Crippen molar-refractivity contribution in [1.29, 1.82) is 0 Å². The van der Waals surface area contributed by atoms with E-state index in [1.165, 1.54) is 23.1 Å². The van der Waals surface area contributed by atoms with Crippen molar-refractivity contribution in [2.45, 2.75) is 24.8 Å². The number of benzene rings is 2. The second-order valence-corrected chi connectivity index (χ2v) is 8.68. The molecule has 0 aliphatic rings. The molecule has 32 heavy (non-hydrogen) atoms. The van der Waals surface area contributed by atoms with Gasteiger partial charge >= 0.3 is 5.97 Å². The predicted octanol–water partition coefficient (Wildman–Crippen LogP) is 5.18. The summed E-state index contributed by atoms with van der Waals surface area (Å²) in [5.41, 5.74) is 3.40. The highest BCUT2D eigenvalue weighted by molar-refractivity contribution is 7.98. The summed E-state index contributed by atoms with van der Waals surface area (Å²) in [5.74, 6) is 1.70. The summed E-state index contributed by atoms with van der Waals surface area (Å²) in [6.07, 6.45) is 0. The molecule has 0 bridgehead atoms. The van der Waals surface area contributed by atoms with Crippen LogP contribution in [0.25, 0.3) is 17.1 Å². The van der Waals surface area contributed by atoms with Crippen LogP contribution < -0.4 is 4.74 Å². The molecule has 2 aromatic carbocycles. The molecule has 0 unspecified atom stereocenters. The van der Waals surface area contributed by atoms with Gasteiger partial charge in [0.1, 0.15) is 10.8 Å². The Hall–Kier alpha value is -3.17. The lowest BCUT2D eigenvalue weighted by atomic mass is 10.1. The number of carbonyl (C=O) groups is 1. The molecule has 2 aromatic heterocycles. The topological polar surface area (TPSA) is 79.1 Å². The number of rotatable bonds is 8. The molecule has 0 saturated heterocycles. The number of hydrogen-bond donors (Lipinski definition) is 0. The van der Waals surface area contributed by atoms with Crippen LogP contribution in [0, 0.1) is 6.92 Å². The summed E-state index contributed by atoms with van der Waals surface area (Å²) in [6.45, 7) is 4.17.